The maximum atomic E-state index is 12.4. The lowest BCUT2D eigenvalue weighted by Gasteiger charge is -2.24. The van der Waals surface area contributed by atoms with E-state index in [1.165, 1.54) is 11.8 Å². The van der Waals surface area contributed by atoms with Gasteiger partial charge in [-0.15, -0.1) is 0 Å². The average molecular weight is 336 g/mol. The van der Waals surface area contributed by atoms with Crippen molar-refractivity contribution in [1.82, 2.24) is 9.55 Å². The van der Waals surface area contributed by atoms with Crippen molar-refractivity contribution in [3.63, 3.8) is 0 Å². The summed E-state index contributed by atoms with van der Waals surface area (Å²) in [4.78, 5) is 28.8. The predicted octanol–water partition coefficient (Wildman–Crippen LogP) is 2.57. The number of amides is 1. The summed E-state index contributed by atoms with van der Waals surface area (Å²) in [5, 5.41) is 3.98. The number of hydrogen-bond acceptors (Lipinski definition) is 4. The molecule has 0 bridgehead atoms. The number of aromatic nitrogens is 2. The number of benzene rings is 1. The van der Waals surface area contributed by atoms with Crippen molar-refractivity contribution >= 4 is 35.0 Å². The number of para-hydroxylation sites is 1. The molecule has 0 aliphatic carbocycles. The van der Waals surface area contributed by atoms with Gasteiger partial charge in [-0.25, -0.2) is 4.98 Å². The summed E-state index contributed by atoms with van der Waals surface area (Å²) in [6.07, 6.45) is 1.57. The minimum atomic E-state index is -0.296. The van der Waals surface area contributed by atoms with Crippen molar-refractivity contribution in [2.75, 3.05) is 11.1 Å². The standard InChI is InChI=1S/C15H14ClN3O2S/c1-9-6-17-15-19(14(9)21)7-10(8-22-15)13(20)18-12-5-3-2-4-11(12)16/h2-6,10H,7-8H2,1H3,(H,18,20)/t10-/m0/s1. The number of nitrogens with zero attached hydrogens (tertiary/aromatic N) is 2. The summed E-state index contributed by atoms with van der Waals surface area (Å²) in [6, 6.07) is 7.09. The molecule has 0 saturated carbocycles. The number of rotatable bonds is 2. The van der Waals surface area contributed by atoms with Crippen LogP contribution in [0.5, 0.6) is 0 Å². The fraction of sp³-hybridized carbons (Fsp3) is 0.267. The molecule has 1 amide bonds. The van der Waals surface area contributed by atoms with Gasteiger partial charge in [-0.1, -0.05) is 35.5 Å². The smallest absolute Gasteiger partial charge is 0.257 e. The second kappa shape index (κ2) is 6.14. The molecule has 1 N–H and O–H groups in total. The molecule has 1 aromatic carbocycles. The molecule has 2 aromatic rings. The van der Waals surface area contributed by atoms with Crippen LogP contribution in [0.3, 0.4) is 0 Å². The first-order chi connectivity index (χ1) is 10.6. The summed E-state index contributed by atoms with van der Waals surface area (Å²) in [5.74, 6) is 0.154. The minimum Gasteiger partial charge on any atom is -0.324 e. The number of carbonyl (C=O) groups is 1. The molecule has 1 aliphatic rings. The van der Waals surface area contributed by atoms with Crippen LogP contribution in [0.2, 0.25) is 5.02 Å². The Kier molecular flexibility index (Phi) is 4.22. The quantitative estimate of drug-likeness (QED) is 0.857. The molecule has 0 radical (unpaired) electrons. The van der Waals surface area contributed by atoms with E-state index in [1.807, 2.05) is 6.07 Å². The first-order valence-corrected chi connectivity index (χ1v) is 8.17. The molecule has 5 nitrogen and oxygen atoms in total. The van der Waals surface area contributed by atoms with Crippen molar-refractivity contribution < 1.29 is 4.79 Å². The van der Waals surface area contributed by atoms with Gasteiger partial charge in [0.05, 0.1) is 16.6 Å². The van der Waals surface area contributed by atoms with Crippen molar-refractivity contribution in [2.45, 2.75) is 18.6 Å². The van der Waals surface area contributed by atoms with E-state index in [0.29, 0.717) is 33.7 Å². The van der Waals surface area contributed by atoms with Crippen LogP contribution in [0.15, 0.2) is 40.4 Å². The van der Waals surface area contributed by atoms with Gasteiger partial charge in [-0.2, -0.15) is 0 Å². The molecule has 7 heteroatoms. The predicted molar refractivity (Wildman–Crippen MR) is 87.5 cm³/mol. The molecule has 0 fully saturated rings. The highest BCUT2D eigenvalue weighted by molar-refractivity contribution is 7.99. The van der Waals surface area contributed by atoms with Gasteiger partial charge >= 0.3 is 0 Å². The largest absolute Gasteiger partial charge is 0.324 e. The molecule has 1 aromatic heterocycles. The molecule has 3 rings (SSSR count). The molecular weight excluding hydrogens is 322 g/mol. The second-order valence-electron chi connectivity index (χ2n) is 5.12. The van der Waals surface area contributed by atoms with Crippen molar-refractivity contribution in [3.05, 3.63) is 51.4 Å². The monoisotopic (exact) mass is 335 g/mol. The zero-order valence-electron chi connectivity index (χ0n) is 11.9. The Morgan fingerprint density at radius 2 is 2.23 bits per heavy atom. The first kappa shape index (κ1) is 15.1. The third-order valence-electron chi connectivity index (χ3n) is 3.50. The summed E-state index contributed by atoms with van der Waals surface area (Å²) in [5.41, 5.74) is 1.07. The van der Waals surface area contributed by atoms with Gasteiger partial charge in [0.15, 0.2) is 5.16 Å². The fourth-order valence-corrected chi connectivity index (χ4v) is 3.49. The lowest BCUT2D eigenvalue weighted by molar-refractivity contribution is -0.119. The van der Waals surface area contributed by atoms with Crippen molar-refractivity contribution in [2.24, 2.45) is 5.92 Å². The number of aryl methyl sites for hydroxylation is 1. The van der Waals surface area contributed by atoms with Gasteiger partial charge in [-0.3, -0.25) is 14.2 Å². The molecule has 0 saturated heterocycles. The molecule has 0 unspecified atom stereocenters. The van der Waals surface area contributed by atoms with E-state index in [2.05, 4.69) is 10.3 Å². The Bertz CT molecular complexity index is 791. The number of carbonyl (C=O) groups excluding carboxylic acids is 1. The van der Waals surface area contributed by atoms with Gasteiger partial charge in [-0.05, 0) is 19.1 Å². The Labute approximate surface area is 136 Å². The van der Waals surface area contributed by atoms with Crippen LogP contribution < -0.4 is 10.9 Å². The topological polar surface area (TPSA) is 64.0 Å². The molecule has 22 heavy (non-hydrogen) atoms. The summed E-state index contributed by atoms with van der Waals surface area (Å²) >= 11 is 7.47. The maximum Gasteiger partial charge on any atom is 0.257 e. The Hall–Kier alpha value is -1.79. The molecule has 2 heterocycles. The Morgan fingerprint density at radius 1 is 1.45 bits per heavy atom. The van der Waals surface area contributed by atoms with E-state index in [0.717, 1.165) is 0 Å². The first-order valence-electron chi connectivity index (χ1n) is 6.81. The van der Waals surface area contributed by atoms with Crippen molar-refractivity contribution in [3.8, 4) is 0 Å². The lowest BCUT2D eigenvalue weighted by atomic mass is 10.1. The minimum absolute atomic E-state index is 0.0901. The van der Waals surface area contributed by atoms with Gasteiger partial charge < -0.3 is 5.32 Å². The molecule has 1 aliphatic heterocycles. The number of hydrogen-bond donors (Lipinski definition) is 1. The number of fused-ring (bicyclic) bond motifs is 1. The van der Waals surface area contributed by atoms with Gasteiger partial charge in [0.1, 0.15) is 0 Å². The third-order valence-corrected chi connectivity index (χ3v) is 4.98. The second-order valence-corrected chi connectivity index (χ2v) is 6.51. The van der Waals surface area contributed by atoms with Crippen LogP contribution in [-0.2, 0) is 11.3 Å². The van der Waals surface area contributed by atoms with Crippen LogP contribution in [0.1, 0.15) is 5.56 Å². The van der Waals surface area contributed by atoms with Crippen molar-refractivity contribution in [1.29, 1.82) is 0 Å². The zero-order valence-corrected chi connectivity index (χ0v) is 13.4. The average Bonchev–Trinajstić information content (AvgIpc) is 2.53. The molecule has 1 atom stereocenters. The maximum absolute atomic E-state index is 12.4. The highest BCUT2D eigenvalue weighted by Crippen LogP contribution is 2.27. The lowest BCUT2D eigenvalue weighted by Crippen LogP contribution is -2.37. The Balaban J connectivity index is 1.80. The van der Waals surface area contributed by atoms with E-state index in [4.69, 9.17) is 11.6 Å². The van der Waals surface area contributed by atoms with Crippen LogP contribution in [0, 0.1) is 12.8 Å². The number of nitrogens with one attached hydrogen (secondary N) is 1. The number of thioether (sulfide) groups is 1. The summed E-state index contributed by atoms with van der Waals surface area (Å²) in [7, 11) is 0. The van der Waals surface area contributed by atoms with Crippen LogP contribution in [0.25, 0.3) is 0 Å². The van der Waals surface area contributed by atoms with Gasteiger partial charge in [0.25, 0.3) is 5.56 Å². The van der Waals surface area contributed by atoms with E-state index in [9.17, 15) is 9.59 Å². The van der Waals surface area contributed by atoms with E-state index in [-0.39, 0.29) is 17.4 Å². The van der Waals surface area contributed by atoms with Gasteiger partial charge in [0.2, 0.25) is 5.91 Å². The molecule has 0 spiro atoms. The SMILES string of the molecule is Cc1cnc2n(c1=O)C[C@H](C(=O)Nc1ccccc1Cl)CS2. The number of anilines is 1. The third kappa shape index (κ3) is 2.89. The van der Waals surface area contributed by atoms with Crippen LogP contribution in [0.4, 0.5) is 5.69 Å². The summed E-state index contributed by atoms with van der Waals surface area (Å²) in [6.45, 7) is 2.06. The zero-order chi connectivity index (χ0) is 15.7. The fourth-order valence-electron chi connectivity index (χ4n) is 2.26. The summed E-state index contributed by atoms with van der Waals surface area (Å²) < 4.78 is 1.57. The van der Waals surface area contributed by atoms with Gasteiger partial charge in [0, 0.05) is 24.1 Å². The highest BCUT2D eigenvalue weighted by atomic mass is 35.5. The normalized spacial score (nSPS) is 16.9. The van der Waals surface area contributed by atoms with Crippen LogP contribution >= 0.6 is 23.4 Å². The van der Waals surface area contributed by atoms with E-state index >= 15 is 0 Å². The highest BCUT2D eigenvalue weighted by Gasteiger charge is 2.27. The van der Waals surface area contributed by atoms with E-state index in [1.54, 1.807) is 35.9 Å². The molecule has 114 valence electrons. The van der Waals surface area contributed by atoms with E-state index < -0.39 is 0 Å². The molecular formula is C15H14ClN3O2S. The van der Waals surface area contributed by atoms with Crippen LogP contribution in [-0.4, -0.2) is 21.2 Å². The Morgan fingerprint density at radius 3 is 3.00 bits per heavy atom. The number of halogens is 1.